The number of nitrogens with zero attached hydrogens (tertiary/aromatic N) is 1. The summed E-state index contributed by atoms with van der Waals surface area (Å²) in [6.07, 6.45) is 0. The van der Waals surface area contributed by atoms with E-state index in [1.807, 2.05) is 0 Å². The highest BCUT2D eigenvalue weighted by atomic mass is 35.5. The fourth-order valence-corrected chi connectivity index (χ4v) is 3.78. The molecule has 0 aliphatic rings. The summed E-state index contributed by atoms with van der Waals surface area (Å²) >= 11 is 6.02. The highest BCUT2D eigenvalue weighted by Crippen LogP contribution is 2.29. The minimum atomic E-state index is -3.87. The first-order valence-electron chi connectivity index (χ1n) is 6.56. The summed E-state index contributed by atoms with van der Waals surface area (Å²) in [5.74, 6) is -0.362. The Morgan fingerprint density at radius 2 is 2.00 bits per heavy atom. The lowest BCUT2D eigenvalue weighted by Gasteiger charge is -2.21. The average molecular weight is 334 g/mol. The molecule has 0 saturated heterocycles. The minimum absolute atomic E-state index is 0.0848. The molecule has 0 heterocycles. The molecule has 1 amide bonds. The largest absolute Gasteiger partial charge is 0.398 e. The molecule has 0 aromatic heterocycles. The second-order valence-electron chi connectivity index (χ2n) is 4.52. The fourth-order valence-electron chi connectivity index (χ4n) is 1.79. The van der Waals surface area contributed by atoms with Gasteiger partial charge in [-0.05, 0) is 31.5 Å². The molecule has 0 bridgehead atoms. The molecular formula is C13H20ClN3O3S. The van der Waals surface area contributed by atoms with Crippen LogP contribution in [0.3, 0.4) is 0 Å². The molecule has 1 aromatic rings. The van der Waals surface area contributed by atoms with Crippen molar-refractivity contribution in [1.82, 2.24) is 9.62 Å². The maximum Gasteiger partial charge on any atom is 0.245 e. The standard InChI is InChI=1S/C13H20ClN3O3S/c1-4-16-13(18)8-17(5-2)21(19,20)12-7-11(15)9(3)6-10(12)14/h6-7H,4-5,8,15H2,1-3H3,(H,16,18). The Hall–Kier alpha value is -1.31. The van der Waals surface area contributed by atoms with Gasteiger partial charge in [0.15, 0.2) is 0 Å². The Bertz CT molecular complexity index is 632. The Morgan fingerprint density at radius 3 is 2.52 bits per heavy atom. The predicted octanol–water partition coefficient (Wildman–Crippen LogP) is 1.38. The number of hydrogen-bond acceptors (Lipinski definition) is 4. The van der Waals surface area contributed by atoms with E-state index in [1.54, 1.807) is 20.8 Å². The third kappa shape index (κ3) is 4.09. The van der Waals surface area contributed by atoms with Crippen molar-refractivity contribution in [3.63, 3.8) is 0 Å². The maximum atomic E-state index is 12.6. The third-order valence-corrected chi connectivity index (χ3v) is 5.37. The van der Waals surface area contributed by atoms with Crippen molar-refractivity contribution in [1.29, 1.82) is 0 Å². The highest BCUT2D eigenvalue weighted by molar-refractivity contribution is 7.89. The summed E-state index contributed by atoms with van der Waals surface area (Å²) < 4.78 is 26.3. The monoisotopic (exact) mass is 333 g/mol. The molecule has 6 nitrogen and oxygen atoms in total. The number of halogens is 1. The number of nitrogens with one attached hydrogen (secondary N) is 1. The van der Waals surface area contributed by atoms with E-state index in [2.05, 4.69) is 5.32 Å². The van der Waals surface area contributed by atoms with E-state index < -0.39 is 10.0 Å². The first-order valence-corrected chi connectivity index (χ1v) is 8.38. The van der Waals surface area contributed by atoms with Gasteiger partial charge in [0.05, 0.1) is 11.6 Å². The SMILES string of the molecule is CCNC(=O)CN(CC)S(=O)(=O)c1cc(N)c(C)cc1Cl. The van der Waals surface area contributed by atoms with Gasteiger partial charge < -0.3 is 11.1 Å². The molecule has 0 spiro atoms. The van der Waals surface area contributed by atoms with Gasteiger partial charge in [-0.1, -0.05) is 18.5 Å². The number of sulfonamides is 1. The van der Waals surface area contributed by atoms with Gasteiger partial charge in [0, 0.05) is 18.8 Å². The molecule has 118 valence electrons. The van der Waals surface area contributed by atoms with Crippen LogP contribution in [0.2, 0.25) is 5.02 Å². The molecule has 0 saturated carbocycles. The van der Waals surface area contributed by atoms with Crippen LogP contribution in [0.1, 0.15) is 19.4 Å². The Morgan fingerprint density at radius 1 is 1.38 bits per heavy atom. The zero-order valence-electron chi connectivity index (χ0n) is 12.3. The molecule has 21 heavy (non-hydrogen) atoms. The van der Waals surface area contributed by atoms with E-state index >= 15 is 0 Å². The quantitative estimate of drug-likeness (QED) is 0.769. The van der Waals surface area contributed by atoms with Crippen LogP contribution in [-0.4, -0.2) is 38.3 Å². The molecule has 0 atom stereocenters. The van der Waals surface area contributed by atoms with E-state index in [4.69, 9.17) is 17.3 Å². The average Bonchev–Trinajstić information content (AvgIpc) is 2.40. The van der Waals surface area contributed by atoms with Gasteiger partial charge in [0.25, 0.3) is 0 Å². The minimum Gasteiger partial charge on any atom is -0.398 e. The number of aryl methyl sites for hydroxylation is 1. The molecule has 1 rings (SSSR count). The Balaban J connectivity index is 3.19. The van der Waals surface area contributed by atoms with Gasteiger partial charge in [0.1, 0.15) is 4.90 Å². The summed E-state index contributed by atoms with van der Waals surface area (Å²) in [5.41, 5.74) is 6.80. The van der Waals surface area contributed by atoms with Gasteiger partial charge in [-0.25, -0.2) is 8.42 Å². The summed E-state index contributed by atoms with van der Waals surface area (Å²) in [6, 6.07) is 2.83. The number of likely N-dealkylation sites (N-methyl/N-ethyl adjacent to an activating group) is 2. The summed E-state index contributed by atoms with van der Waals surface area (Å²) in [5, 5.41) is 2.66. The molecule has 0 unspecified atom stereocenters. The van der Waals surface area contributed by atoms with E-state index in [-0.39, 0.29) is 28.9 Å². The van der Waals surface area contributed by atoms with Crippen molar-refractivity contribution in [3.05, 3.63) is 22.7 Å². The molecule has 8 heteroatoms. The van der Waals surface area contributed by atoms with Gasteiger partial charge >= 0.3 is 0 Å². The highest BCUT2D eigenvalue weighted by Gasteiger charge is 2.27. The van der Waals surface area contributed by atoms with Crippen molar-refractivity contribution in [2.75, 3.05) is 25.4 Å². The van der Waals surface area contributed by atoms with Crippen LogP contribution < -0.4 is 11.1 Å². The summed E-state index contributed by atoms with van der Waals surface area (Å²) in [7, 11) is -3.87. The van der Waals surface area contributed by atoms with E-state index in [0.717, 1.165) is 4.31 Å². The molecule has 0 fully saturated rings. The van der Waals surface area contributed by atoms with Crippen LogP contribution in [0.5, 0.6) is 0 Å². The maximum absolute atomic E-state index is 12.6. The zero-order chi connectivity index (χ0) is 16.2. The smallest absolute Gasteiger partial charge is 0.245 e. The number of carbonyl (C=O) groups excluding carboxylic acids is 1. The summed E-state index contributed by atoms with van der Waals surface area (Å²) in [4.78, 5) is 11.5. The number of benzene rings is 1. The second kappa shape index (κ2) is 7.11. The van der Waals surface area contributed by atoms with Crippen LogP contribution in [0.25, 0.3) is 0 Å². The first kappa shape index (κ1) is 17.7. The molecule has 0 aliphatic carbocycles. The summed E-state index contributed by atoms with van der Waals surface area (Å²) in [6.45, 7) is 5.50. The van der Waals surface area contributed by atoms with E-state index in [0.29, 0.717) is 17.8 Å². The number of nitrogen functional groups attached to an aromatic ring is 1. The topological polar surface area (TPSA) is 92.5 Å². The van der Waals surface area contributed by atoms with Crippen molar-refractivity contribution < 1.29 is 13.2 Å². The normalized spacial score (nSPS) is 11.7. The van der Waals surface area contributed by atoms with E-state index in [9.17, 15) is 13.2 Å². The lowest BCUT2D eigenvalue weighted by Crippen LogP contribution is -2.40. The van der Waals surface area contributed by atoms with Crippen LogP contribution >= 0.6 is 11.6 Å². The van der Waals surface area contributed by atoms with Crippen LogP contribution in [0.15, 0.2) is 17.0 Å². The van der Waals surface area contributed by atoms with Crippen molar-refractivity contribution in [2.24, 2.45) is 0 Å². The number of hydrogen-bond donors (Lipinski definition) is 2. The number of nitrogens with two attached hydrogens (primary N) is 1. The molecular weight excluding hydrogens is 314 g/mol. The number of carbonyl (C=O) groups is 1. The van der Waals surface area contributed by atoms with Gasteiger partial charge in [-0.3, -0.25) is 4.79 Å². The van der Waals surface area contributed by atoms with Crippen molar-refractivity contribution >= 4 is 33.2 Å². The Kier molecular flexibility index (Phi) is 6.00. The van der Waals surface area contributed by atoms with Crippen LogP contribution in [0.4, 0.5) is 5.69 Å². The van der Waals surface area contributed by atoms with Gasteiger partial charge in [0.2, 0.25) is 15.9 Å². The third-order valence-electron chi connectivity index (χ3n) is 2.98. The van der Waals surface area contributed by atoms with E-state index in [1.165, 1.54) is 12.1 Å². The molecule has 1 aromatic carbocycles. The van der Waals surface area contributed by atoms with Gasteiger partial charge in [-0.15, -0.1) is 0 Å². The fraction of sp³-hybridized carbons (Fsp3) is 0.462. The number of anilines is 1. The first-order chi connectivity index (χ1) is 9.73. The second-order valence-corrected chi connectivity index (χ2v) is 6.84. The number of amides is 1. The lowest BCUT2D eigenvalue weighted by atomic mass is 10.2. The molecule has 3 N–H and O–H groups in total. The number of rotatable bonds is 6. The van der Waals surface area contributed by atoms with Crippen molar-refractivity contribution in [3.8, 4) is 0 Å². The predicted molar refractivity (Wildman–Crippen MR) is 83.7 cm³/mol. The molecule has 0 aliphatic heterocycles. The van der Waals surface area contributed by atoms with Crippen LogP contribution in [0, 0.1) is 6.92 Å². The van der Waals surface area contributed by atoms with Gasteiger partial charge in [-0.2, -0.15) is 4.31 Å². The van der Waals surface area contributed by atoms with Crippen LogP contribution in [-0.2, 0) is 14.8 Å². The zero-order valence-corrected chi connectivity index (χ0v) is 13.9. The Labute approximate surface area is 130 Å². The lowest BCUT2D eigenvalue weighted by molar-refractivity contribution is -0.121. The molecule has 0 radical (unpaired) electrons. The van der Waals surface area contributed by atoms with Crippen molar-refractivity contribution in [2.45, 2.75) is 25.7 Å².